The van der Waals surface area contributed by atoms with Gasteiger partial charge in [-0.3, -0.25) is 0 Å². The van der Waals surface area contributed by atoms with Crippen molar-refractivity contribution < 1.29 is 4.74 Å². The molecule has 1 aromatic carbocycles. The quantitative estimate of drug-likeness (QED) is 0.776. The van der Waals surface area contributed by atoms with Crippen LogP contribution in [0.5, 0.6) is 0 Å². The smallest absolute Gasteiger partial charge is 0.184 e. The molecule has 88 valence electrons. The van der Waals surface area contributed by atoms with Crippen LogP contribution in [0.4, 0.5) is 5.69 Å². The van der Waals surface area contributed by atoms with Gasteiger partial charge >= 0.3 is 0 Å². The lowest BCUT2D eigenvalue weighted by Crippen LogP contribution is -2.12. The molecular weight excluding hydrogens is 218 g/mol. The summed E-state index contributed by atoms with van der Waals surface area (Å²) in [6.07, 6.45) is 0.935. The maximum atomic E-state index is 5.94. The summed E-state index contributed by atoms with van der Waals surface area (Å²) < 4.78 is 7.16. The molecule has 0 saturated carbocycles. The Morgan fingerprint density at radius 3 is 3.00 bits per heavy atom. The van der Waals surface area contributed by atoms with Crippen LogP contribution in [-0.2, 0) is 4.74 Å². The van der Waals surface area contributed by atoms with Crippen LogP contribution in [0.15, 0.2) is 24.3 Å². The molecule has 1 unspecified atom stereocenters. The summed E-state index contributed by atoms with van der Waals surface area (Å²) in [5.41, 5.74) is 7.49. The van der Waals surface area contributed by atoms with E-state index in [0.29, 0.717) is 18.1 Å². The number of hydrogen-bond donors (Lipinski definition) is 1. The highest BCUT2D eigenvalue weighted by Crippen LogP contribution is 2.27. The van der Waals surface area contributed by atoms with Crippen LogP contribution in [0.25, 0.3) is 11.4 Å². The van der Waals surface area contributed by atoms with Crippen molar-refractivity contribution in [1.29, 1.82) is 0 Å². The molecule has 1 saturated heterocycles. The lowest BCUT2D eigenvalue weighted by molar-refractivity contribution is 0.184. The number of rotatable bonds is 2. The number of benzene rings is 1. The molecule has 2 heterocycles. The molecule has 1 fully saturated rings. The van der Waals surface area contributed by atoms with Crippen molar-refractivity contribution in [3.8, 4) is 11.4 Å². The van der Waals surface area contributed by atoms with Crippen LogP contribution in [0.2, 0.25) is 0 Å². The minimum Gasteiger partial charge on any atom is -0.398 e. The van der Waals surface area contributed by atoms with Gasteiger partial charge in [-0.05, 0) is 29.0 Å². The second-order valence-electron chi connectivity index (χ2n) is 4.05. The summed E-state index contributed by atoms with van der Waals surface area (Å²) >= 11 is 0. The van der Waals surface area contributed by atoms with Gasteiger partial charge in [0.1, 0.15) is 0 Å². The van der Waals surface area contributed by atoms with E-state index in [1.165, 1.54) is 0 Å². The van der Waals surface area contributed by atoms with Crippen molar-refractivity contribution >= 4 is 5.69 Å². The van der Waals surface area contributed by atoms with Crippen LogP contribution in [0.3, 0.4) is 0 Å². The molecule has 1 aliphatic rings. The molecule has 1 aromatic heterocycles. The van der Waals surface area contributed by atoms with Crippen LogP contribution in [-0.4, -0.2) is 33.4 Å². The number of ether oxygens (including phenoxy) is 1. The lowest BCUT2D eigenvalue weighted by atomic mass is 10.1. The Labute approximate surface area is 98.4 Å². The molecule has 0 amide bonds. The normalized spacial score (nSPS) is 19.6. The molecule has 6 heteroatoms. The van der Waals surface area contributed by atoms with E-state index in [1.54, 1.807) is 4.68 Å². The molecule has 2 N–H and O–H groups in total. The number of aromatic nitrogens is 4. The van der Waals surface area contributed by atoms with E-state index < -0.39 is 0 Å². The minimum absolute atomic E-state index is 0.208. The minimum atomic E-state index is 0.208. The molecule has 17 heavy (non-hydrogen) atoms. The third kappa shape index (κ3) is 1.76. The van der Waals surface area contributed by atoms with Crippen molar-refractivity contribution in [1.82, 2.24) is 20.2 Å². The van der Waals surface area contributed by atoms with E-state index in [1.807, 2.05) is 24.3 Å². The molecule has 1 aliphatic heterocycles. The van der Waals surface area contributed by atoms with Crippen LogP contribution >= 0.6 is 0 Å². The third-order valence-electron chi connectivity index (χ3n) is 2.95. The topological polar surface area (TPSA) is 78.9 Å². The zero-order valence-corrected chi connectivity index (χ0v) is 9.28. The van der Waals surface area contributed by atoms with Crippen LogP contribution in [0, 0.1) is 0 Å². The second kappa shape index (κ2) is 4.14. The van der Waals surface area contributed by atoms with Gasteiger partial charge in [0, 0.05) is 17.9 Å². The maximum Gasteiger partial charge on any atom is 0.184 e. The van der Waals surface area contributed by atoms with Crippen molar-refractivity contribution in [3.05, 3.63) is 24.3 Å². The summed E-state index contributed by atoms with van der Waals surface area (Å²) in [4.78, 5) is 0. The Morgan fingerprint density at radius 1 is 1.35 bits per heavy atom. The Kier molecular flexibility index (Phi) is 2.49. The Bertz CT molecular complexity index is 518. The summed E-state index contributed by atoms with van der Waals surface area (Å²) in [6, 6.07) is 7.80. The first kappa shape index (κ1) is 10.2. The predicted molar refractivity (Wildman–Crippen MR) is 62.1 cm³/mol. The third-order valence-corrected chi connectivity index (χ3v) is 2.95. The average Bonchev–Trinajstić information content (AvgIpc) is 3.00. The van der Waals surface area contributed by atoms with Gasteiger partial charge in [-0.2, -0.15) is 0 Å². The van der Waals surface area contributed by atoms with E-state index in [2.05, 4.69) is 15.5 Å². The SMILES string of the molecule is Nc1ccccc1-c1nnnn1C1CCOC1. The van der Waals surface area contributed by atoms with Gasteiger partial charge in [0.05, 0.1) is 12.6 Å². The van der Waals surface area contributed by atoms with Crippen molar-refractivity contribution in [2.24, 2.45) is 0 Å². The van der Waals surface area contributed by atoms with Gasteiger partial charge in [0.15, 0.2) is 5.82 Å². The zero-order chi connectivity index (χ0) is 11.7. The summed E-state index contributed by atoms with van der Waals surface area (Å²) in [5, 5.41) is 11.8. The van der Waals surface area contributed by atoms with Crippen molar-refractivity contribution in [2.75, 3.05) is 18.9 Å². The van der Waals surface area contributed by atoms with Gasteiger partial charge in [-0.25, -0.2) is 4.68 Å². The van der Waals surface area contributed by atoms with Gasteiger partial charge in [-0.1, -0.05) is 12.1 Å². The molecular formula is C11H13N5O. The molecule has 6 nitrogen and oxygen atoms in total. The zero-order valence-electron chi connectivity index (χ0n) is 9.28. The second-order valence-corrected chi connectivity index (χ2v) is 4.05. The Hall–Kier alpha value is -1.95. The summed E-state index contributed by atoms with van der Waals surface area (Å²) in [6.45, 7) is 1.42. The first-order valence-electron chi connectivity index (χ1n) is 5.57. The number of anilines is 1. The first-order chi connectivity index (χ1) is 8.36. The average molecular weight is 231 g/mol. The Morgan fingerprint density at radius 2 is 2.24 bits per heavy atom. The largest absolute Gasteiger partial charge is 0.398 e. The van der Waals surface area contributed by atoms with E-state index in [4.69, 9.17) is 10.5 Å². The molecule has 2 aromatic rings. The van der Waals surface area contributed by atoms with E-state index >= 15 is 0 Å². The van der Waals surface area contributed by atoms with Crippen molar-refractivity contribution in [3.63, 3.8) is 0 Å². The Balaban J connectivity index is 2.04. The van der Waals surface area contributed by atoms with Gasteiger partial charge in [-0.15, -0.1) is 5.10 Å². The number of nitrogens with zero attached hydrogens (tertiary/aromatic N) is 4. The van der Waals surface area contributed by atoms with Crippen molar-refractivity contribution in [2.45, 2.75) is 12.5 Å². The molecule has 3 rings (SSSR count). The number of para-hydroxylation sites is 1. The number of hydrogen-bond acceptors (Lipinski definition) is 5. The van der Waals surface area contributed by atoms with Gasteiger partial charge in [0.25, 0.3) is 0 Å². The monoisotopic (exact) mass is 231 g/mol. The van der Waals surface area contributed by atoms with E-state index in [-0.39, 0.29) is 6.04 Å². The number of tetrazole rings is 1. The summed E-state index contributed by atoms with van der Waals surface area (Å²) in [7, 11) is 0. The molecule has 0 spiro atoms. The highest BCUT2D eigenvalue weighted by atomic mass is 16.5. The van der Waals surface area contributed by atoms with E-state index in [0.717, 1.165) is 18.6 Å². The highest BCUT2D eigenvalue weighted by Gasteiger charge is 2.23. The fourth-order valence-electron chi connectivity index (χ4n) is 2.03. The number of nitrogen functional groups attached to an aromatic ring is 1. The van der Waals surface area contributed by atoms with Crippen LogP contribution < -0.4 is 5.73 Å². The highest BCUT2D eigenvalue weighted by molar-refractivity contribution is 5.71. The maximum absolute atomic E-state index is 5.94. The fraction of sp³-hybridized carbons (Fsp3) is 0.364. The van der Waals surface area contributed by atoms with E-state index in [9.17, 15) is 0 Å². The summed E-state index contributed by atoms with van der Waals surface area (Å²) in [5.74, 6) is 0.707. The fourth-order valence-corrected chi connectivity index (χ4v) is 2.03. The molecule has 0 aliphatic carbocycles. The first-order valence-corrected chi connectivity index (χ1v) is 5.57. The lowest BCUT2D eigenvalue weighted by Gasteiger charge is -2.10. The van der Waals surface area contributed by atoms with Crippen LogP contribution in [0.1, 0.15) is 12.5 Å². The van der Waals surface area contributed by atoms with Gasteiger partial charge in [0.2, 0.25) is 0 Å². The standard InChI is InChI=1S/C11H13N5O/c12-10-4-2-1-3-9(10)11-13-14-15-16(11)8-5-6-17-7-8/h1-4,8H,5-7,12H2. The molecule has 0 bridgehead atoms. The predicted octanol–water partition coefficient (Wildman–Crippen LogP) is 0.884. The molecule has 0 radical (unpaired) electrons. The number of nitrogens with two attached hydrogens (primary N) is 1. The molecule has 1 atom stereocenters. The van der Waals surface area contributed by atoms with Gasteiger partial charge < -0.3 is 10.5 Å².